The first kappa shape index (κ1) is 12.0. The van der Waals surface area contributed by atoms with Crippen LogP contribution < -0.4 is 0 Å². The molecule has 0 aromatic heterocycles. The molecule has 92 valence electrons. The molecule has 0 spiro atoms. The SMILES string of the molecule is CC1(C)CC1(C(=O)O)c1cc(F)c(F)c(F)c1. The van der Waals surface area contributed by atoms with Crippen LogP contribution in [0.15, 0.2) is 12.1 Å². The van der Waals surface area contributed by atoms with Crippen LogP contribution in [-0.2, 0) is 10.2 Å². The van der Waals surface area contributed by atoms with Gasteiger partial charge in [0.05, 0.1) is 5.41 Å². The fraction of sp³-hybridized carbons (Fsp3) is 0.417. The Morgan fingerprint density at radius 1 is 1.24 bits per heavy atom. The molecule has 1 saturated carbocycles. The third-order valence-corrected chi connectivity index (χ3v) is 3.58. The Balaban J connectivity index is 2.59. The van der Waals surface area contributed by atoms with Crippen LogP contribution in [-0.4, -0.2) is 11.1 Å². The normalized spacial score (nSPS) is 25.7. The predicted molar refractivity (Wildman–Crippen MR) is 54.0 cm³/mol. The van der Waals surface area contributed by atoms with Gasteiger partial charge in [0.1, 0.15) is 0 Å². The van der Waals surface area contributed by atoms with Gasteiger partial charge in [0.15, 0.2) is 17.5 Å². The van der Waals surface area contributed by atoms with Crippen LogP contribution in [0.25, 0.3) is 0 Å². The molecule has 1 aliphatic rings. The summed E-state index contributed by atoms with van der Waals surface area (Å²) in [4.78, 5) is 11.3. The van der Waals surface area contributed by atoms with Gasteiger partial charge in [-0.1, -0.05) is 13.8 Å². The predicted octanol–water partition coefficient (Wildman–Crippen LogP) is 2.86. The summed E-state index contributed by atoms with van der Waals surface area (Å²) < 4.78 is 39.0. The summed E-state index contributed by atoms with van der Waals surface area (Å²) in [7, 11) is 0. The van der Waals surface area contributed by atoms with E-state index in [-0.39, 0.29) is 12.0 Å². The van der Waals surface area contributed by atoms with E-state index < -0.39 is 34.3 Å². The molecule has 1 aromatic carbocycles. The van der Waals surface area contributed by atoms with Crippen molar-refractivity contribution in [3.05, 3.63) is 35.1 Å². The van der Waals surface area contributed by atoms with E-state index in [9.17, 15) is 23.1 Å². The first-order chi connectivity index (χ1) is 7.72. The first-order valence-corrected chi connectivity index (χ1v) is 5.11. The van der Waals surface area contributed by atoms with Crippen molar-refractivity contribution in [2.45, 2.75) is 25.7 Å². The van der Waals surface area contributed by atoms with Crippen molar-refractivity contribution in [2.24, 2.45) is 5.41 Å². The average Bonchev–Trinajstić information content (AvgIpc) is 2.79. The highest BCUT2D eigenvalue weighted by molar-refractivity contribution is 5.87. The van der Waals surface area contributed by atoms with Crippen LogP contribution in [0.4, 0.5) is 13.2 Å². The van der Waals surface area contributed by atoms with Crippen LogP contribution in [0.1, 0.15) is 25.8 Å². The second-order valence-corrected chi connectivity index (χ2v) is 5.03. The molecule has 0 aliphatic heterocycles. The van der Waals surface area contributed by atoms with Crippen LogP contribution in [0, 0.1) is 22.9 Å². The van der Waals surface area contributed by atoms with Crippen molar-refractivity contribution in [1.82, 2.24) is 0 Å². The Morgan fingerprint density at radius 3 is 1.94 bits per heavy atom. The maximum Gasteiger partial charge on any atom is 0.314 e. The van der Waals surface area contributed by atoms with Gasteiger partial charge in [-0.05, 0) is 29.5 Å². The monoisotopic (exact) mass is 244 g/mol. The van der Waals surface area contributed by atoms with Crippen molar-refractivity contribution in [2.75, 3.05) is 0 Å². The zero-order chi connectivity index (χ0) is 13.0. The number of rotatable bonds is 2. The minimum absolute atomic E-state index is 0.0219. The second-order valence-electron chi connectivity index (χ2n) is 5.03. The molecule has 0 saturated heterocycles. The van der Waals surface area contributed by atoms with E-state index in [1.54, 1.807) is 13.8 Å². The van der Waals surface area contributed by atoms with Gasteiger partial charge >= 0.3 is 5.97 Å². The van der Waals surface area contributed by atoms with Gasteiger partial charge in [0, 0.05) is 0 Å². The largest absolute Gasteiger partial charge is 0.481 e. The van der Waals surface area contributed by atoms with E-state index in [1.807, 2.05) is 0 Å². The fourth-order valence-corrected chi connectivity index (χ4v) is 2.40. The summed E-state index contributed by atoms with van der Waals surface area (Å²) in [5.41, 5.74) is -1.93. The lowest BCUT2D eigenvalue weighted by Gasteiger charge is -2.16. The van der Waals surface area contributed by atoms with Crippen LogP contribution in [0.3, 0.4) is 0 Å². The van der Waals surface area contributed by atoms with E-state index in [0.717, 1.165) is 12.1 Å². The summed E-state index contributed by atoms with van der Waals surface area (Å²) in [6, 6.07) is 1.53. The lowest BCUT2D eigenvalue weighted by Crippen LogP contribution is -2.26. The summed E-state index contributed by atoms with van der Waals surface area (Å²) in [5, 5.41) is 9.21. The summed E-state index contributed by atoms with van der Waals surface area (Å²) in [6.07, 6.45) is 0.278. The van der Waals surface area contributed by atoms with E-state index in [1.165, 1.54) is 0 Å². The zero-order valence-corrected chi connectivity index (χ0v) is 9.35. The third kappa shape index (κ3) is 1.45. The molecule has 1 aromatic rings. The lowest BCUT2D eigenvalue weighted by molar-refractivity contribution is -0.141. The molecule has 0 bridgehead atoms. The number of hydrogen-bond acceptors (Lipinski definition) is 1. The molecule has 1 N–H and O–H groups in total. The van der Waals surface area contributed by atoms with Gasteiger partial charge in [0.25, 0.3) is 0 Å². The number of aliphatic carboxylic acids is 1. The highest BCUT2D eigenvalue weighted by Gasteiger charge is 2.68. The third-order valence-electron chi connectivity index (χ3n) is 3.58. The van der Waals surface area contributed by atoms with Crippen molar-refractivity contribution in [3.8, 4) is 0 Å². The quantitative estimate of drug-likeness (QED) is 0.812. The van der Waals surface area contributed by atoms with Crippen molar-refractivity contribution in [1.29, 1.82) is 0 Å². The Bertz CT molecular complexity index is 487. The molecule has 1 atom stereocenters. The molecule has 17 heavy (non-hydrogen) atoms. The van der Waals surface area contributed by atoms with Crippen LogP contribution in [0.2, 0.25) is 0 Å². The van der Waals surface area contributed by atoms with Crippen LogP contribution in [0.5, 0.6) is 0 Å². The molecule has 0 radical (unpaired) electrons. The molecule has 1 fully saturated rings. The number of hydrogen-bond donors (Lipinski definition) is 1. The molecule has 5 heteroatoms. The summed E-state index contributed by atoms with van der Waals surface area (Å²) in [6.45, 7) is 3.39. The standard InChI is InChI=1S/C12H11F3O2/c1-11(2)5-12(11,10(16)17)6-3-7(13)9(15)8(14)4-6/h3-4H,5H2,1-2H3,(H,16,17). The van der Waals surface area contributed by atoms with E-state index >= 15 is 0 Å². The fourth-order valence-electron chi connectivity index (χ4n) is 2.40. The van der Waals surface area contributed by atoms with Gasteiger partial charge in [-0.25, -0.2) is 13.2 Å². The molecule has 2 nitrogen and oxygen atoms in total. The Labute approximate surface area is 96.1 Å². The number of halogens is 3. The van der Waals surface area contributed by atoms with Crippen molar-refractivity contribution >= 4 is 5.97 Å². The number of benzene rings is 1. The van der Waals surface area contributed by atoms with Crippen LogP contribution >= 0.6 is 0 Å². The van der Waals surface area contributed by atoms with Crippen molar-refractivity contribution < 1.29 is 23.1 Å². The maximum atomic E-state index is 13.1. The second kappa shape index (κ2) is 3.24. The molecule has 2 rings (SSSR count). The molecule has 1 aliphatic carbocycles. The van der Waals surface area contributed by atoms with Gasteiger partial charge in [-0.2, -0.15) is 0 Å². The maximum absolute atomic E-state index is 13.1. The van der Waals surface area contributed by atoms with Gasteiger partial charge in [-0.15, -0.1) is 0 Å². The lowest BCUT2D eigenvalue weighted by atomic mass is 9.88. The molecule has 0 heterocycles. The number of carboxylic acid groups (broad SMARTS) is 1. The van der Waals surface area contributed by atoms with Gasteiger partial charge < -0.3 is 5.11 Å². The highest BCUT2D eigenvalue weighted by atomic mass is 19.2. The Hall–Kier alpha value is -1.52. The minimum Gasteiger partial charge on any atom is -0.481 e. The first-order valence-electron chi connectivity index (χ1n) is 5.11. The molecule has 1 unspecified atom stereocenters. The van der Waals surface area contributed by atoms with Gasteiger partial charge in [-0.3, -0.25) is 4.79 Å². The van der Waals surface area contributed by atoms with E-state index in [2.05, 4.69) is 0 Å². The number of carbonyl (C=O) groups is 1. The molecular weight excluding hydrogens is 233 g/mol. The average molecular weight is 244 g/mol. The van der Waals surface area contributed by atoms with Gasteiger partial charge in [0.2, 0.25) is 0 Å². The summed E-state index contributed by atoms with van der Waals surface area (Å²) >= 11 is 0. The zero-order valence-electron chi connectivity index (χ0n) is 9.35. The summed E-state index contributed by atoms with van der Waals surface area (Å²) in [5.74, 6) is -5.44. The van der Waals surface area contributed by atoms with E-state index in [0.29, 0.717) is 0 Å². The van der Waals surface area contributed by atoms with Crippen molar-refractivity contribution in [3.63, 3.8) is 0 Å². The molecule has 0 amide bonds. The smallest absolute Gasteiger partial charge is 0.314 e. The van der Waals surface area contributed by atoms with E-state index in [4.69, 9.17) is 0 Å². The molecular formula is C12H11F3O2. The minimum atomic E-state index is -1.58. The number of carboxylic acids is 1. The highest BCUT2D eigenvalue weighted by Crippen LogP contribution is 2.64. The Kier molecular flexibility index (Phi) is 2.28. The topological polar surface area (TPSA) is 37.3 Å². The Morgan fingerprint density at radius 2 is 1.65 bits per heavy atom.